The average molecular weight is 359 g/mol. The molecule has 4 rings (SSSR count). The third-order valence-electron chi connectivity index (χ3n) is 3.67. The van der Waals surface area contributed by atoms with Crippen LogP contribution in [0.2, 0.25) is 5.02 Å². The first kappa shape index (κ1) is 15.0. The molecule has 0 amide bonds. The maximum atomic E-state index is 13.0. The molecule has 0 atom stereocenters. The van der Waals surface area contributed by atoms with Crippen LogP contribution in [0.3, 0.4) is 0 Å². The van der Waals surface area contributed by atoms with E-state index in [1.807, 2.05) is 0 Å². The van der Waals surface area contributed by atoms with Gasteiger partial charge < -0.3 is 0 Å². The van der Waals surface area contributed by atoms with E-state index in [1.54, 1.807) is 42.7 Å². The zero-order chi connectivity index (χ0) is 16.7. The van der Waals surface area contributed by atoms with Crippen LogP contribution in [0, 0.1) is 0 Å². The summed E-state index contributed by atoms with van der Waals surface area (Å²) >= 11 is 6.25. The second-order valence-corrected chi connectivity index (χ2v) is 5.95. The number of fused-ring (bicyclic) bond motifs is 2. The third kappa shape index (κ3) is 2.33. The van der Waals surface area contributed by atoms with Crippen molar-refractivity contribution in [2.45, 2.75) is 0 Å². The predicted molar refractivity (Wildman–Crippen MR) is 92.8 cm³/mol. The van der Waals surface area contributed by atoms with Gasteiger partial charge in [-0.05, 0) is 24.3 Å². The van der Waals surface area contributed by atoms with Gasteiger partial charge in [0.05, 0.1) is 27.3 Å². The number of halogens is 2. The van der Waals surface area contributed by atoms with E-state index in [0.29, 0.717) is 28.0 Å². The van der Waals surface area contributed by atoms with Crippen LogP contribution >= 0.6 is 23.9 Å². The predicted octanol–water partition coefficient (Wildman–Crippen LogP) is 4.49. The van der Waals surface area contributed by atoms with Gasteiger partial charge in [-0.3, -0.25) is 9.78 Å². The van der Waals surface area contributed by atoms with Crippen LogP contribution in [0.25, 0.3) is 33.2 Å². The van der Waals surface area contributed by atoms with Crippen LogP contribution in [-0.2, 0) is 0 Å². The second-order valence-electron chi connectivity index (χ2n) is 5.04. The molecule has 0 aliphatic carbocycles. The molecule has 5 nitrogen and oxygen atoms in total. The highest BCUT2D eigenvalue weighted by Crippen LogP contribution is 2.30. The maximum absolute atomic E-state index is 13.0. The van der Waals surface area contributed by atoms with Crippen molar-refractivity contribution in [1.82, 2.24) is 18.9 Å². The molecule has 0 fully saturated rings. The smallest absolute Gasteiger partial charge is 0.186 e. The highest BCUT2D eigenvalue weighted by atomic mass is 35.5. The Hall–Kier alpha value is -2.51. The Balaban J connectivity index is 1.92. The fraction of sp³-hybridized carbons (Fsp3) is 0. The van der Waals surface area contributed by atoms with E-state index >= 15 is 0 Å². The molecule has 0 saturated heterocycles. The van der Waals surface area contributed by atoms with Crippen molar-refractivity contribution in [3.8, 4) is 11.3 Å². The Morgan fingerprint density at radius 3 is 2.83 bits per heavy atom. The van der Waals surface area contributed by atoms with E-state index in [4.69, 9.17) is 11.6 Å². The third-order valence-corrected chi connectivity index (χ3v) is 4.50. The van der Waals surface area contributed by atoms with Crippen LogP contribution in [0.1, 0.15) is 10.6 Å². The van der Waals surface area contributed by atoms with E-state index in [0.717, 1.165) is 20.4 Å². The fourth-order valence-corrected chi connectivity index (χ4v) is 3.19. The molecule has 118 valence electrons. The number of carbonyl (C=O) groups is 1. The summed E-state index contributed by atoms with van der Waals surface area (Å²) in [5, 5.41) is 1.31. The summed E-state index contributed by atoms with van der Waals surface area (Å²) in [7, 11) is 0. The molecule has 3 aromatic heterocycles. The topological polar surface area (TPSA) is 60.7 Å². The summed E-state index contributed by atoms with van der Waals surface area (Å²) < 4.78 is 14.2. The fourth-order valence-electron chi connectivity index (χ4n) is 2.56. The molecule has 0 unspecified atom stereocenters. The number of benzene rings is 1. The number of hydrogen-bond donors (Lipinski definition) is 0. The van der Waals surface area contributed by atoms with Gasteiger partial charge >= 0.3 is 0 Å². The molecule has 0 radical (unpaired) electrons. The monoisotopic (exact) mass is 358 g/mol. The number of imidazole rings is 1. The molecule has 0 aliphatic heterocycles. The lowest BCUT2D eigenvalue weighted by Crippen LogP contribution is -1.91. The van der Waals surface area contributed by atoms with Crippen LogP contribution in [0.5, 0.6) is 0 Å². The van der Waals surface area contributed by atoms with E-state index in [9.17, 15) is 8.68 Å². The minimum absolute atomic E-state index is 0.0187. The number of aromatic nitrogens is 4. The minimum Gasteiger partial charge on any atom is -0.294 e. The number of carbonyl (C=O) groups excluding carboxylic acids is 1. The second kappa shape index (κ2) is 5.85. The van der Waals surface area contributed by atoms with Crippen molar-refractivity contribution in [1.29, 1.82) is 0 Å². The van der Waals surface area contributed by atoms with Crippen molar-refractivity contribution in [2.75, 3.05) is 0 Å². The molecular weight excluding hydrogens is 351 g/mol. The normalized spacial score (nSPS) is 11.2. The Kier molecular flexibility index (Phi) is 3.66. The molecule has 0 N–H and O–H groups in total. The van der Waals surface area contributed by atoms with Gasteiger partial charge in [-0.2, -0.15) is 0 Å². The van der Waals surface area contributed by atoms with Gasteiger partial charge in [0.25, 0.3) is 0 Å². The standard InChI is InChI=1S/C16H8ClFN4OS/c17-11-6-13(20-12-3-4-19-7-10(11)12)9-1-2-15-14(5-9)21-16(8-23)22(15)24-18/h1-8H. The number of aldehydes is 1. The van der Waals surface area contributed by atoms with Gasteiger partial charge in [-0.25, -0.2) is 13.9 Å². The first-order valence-corrected chi connectivity index (χ1v) is 7.94. The van der Waals surface area contributed by atoms with Gasteiger partial charge in [-0.15, -0.1) is 3.89 Å². The zero-order valence-corrected chi connectivity index (χ0v) is 13.6. The van der Waals surface area contributed by atoms with Crippen LogP contribution < -0.4 is 0 Å². The summed E-state index contributed by atoms with van der Waals surface area (Å²) in [6.45, 7) is 0. The minimum atomic E-state index is -0.0586. The first-order valence-electron chi connectivity index (χ1n) is 6.88. The number of hydrogen-bond acceptors (Lipinski definition) is 5. The first-order chi connectivity index (χ1) is 11.7. The van der Waals surface area contributed by atoms with Crippen molar-refractivity contribution >= 4 is 52.2 Å². The molecule has 0 aliphatic rings. The highest BCUT2D eigenvalue weighted by molar-refractivity contribution is 7.93. The van der Waals surface area contributed by atoms with Gasteiger partial charge in [0.2, 0.25) is 0 Å². The van der Waals surface area contributed by atoms with Crippen LogP contribution in [0.4, 0.5) is 3.89 Å². The van der Waals surface area contributed by atoms with Crippen LogP contribution in [0.15, 0.2) is 42.7 Å². The molecule has 4 aromatic rings. The Bertz CT molecular complexity index is 1100. The SMILES string of the molecule is O=Cc1nc2cc(-c3cc(Cl)c4cnccc4n3)ccc2n1SF. The van der Waals surface area contributed by atoms with Gasteiger partial charge in [-0.1, -0.05) is 17.7 Å². The molecule has 0 bridgehead atoms. The van der Waals surface area contributed by atoms with Crippen molar-refractivity contribution in [2.24, 2.45) is 0 Å². The van der Waals surface area contributed by atoms with Crippen molar-refractivity contribution < 1.29 is 8.68 Å². The lowest BCUT2D eigenvalue weighted by Gasteiger charge is -2.05. The molecule has 0 spiro atoms. The zero-order valence-electron chi connectivity index (χ0n) is 12.0. The van der Waals surface area contributed by atoms with Gasteiger partial charge in [0, 0.05) is 23.3 Å². The lowest BCUT2D eigenvalue weighted by atomic mass is 10.1. The number of nitrogens with zero attached hydrogens (tertiary/aromatic N) is 4. The molecule has 8 heteroatoms. The quantitative estimate of drug-likeness (QED) is 0.505. The summed E-state index contributed by atoms with van der Waals surface area (Å²) in [5.41, 5.74) is 3.19. The number of pyridine rings is 2. The maximum Gasteiger partial charge on any atom is 0.186 e. The van der Waals surface area contributed by atoms with Crippen LogP contribution in [-0.4, -0.2) is 25.2 Å². The number of rotatable bonds is 3. The van der Waals surface area contributed by atoms with E-state index in [2.05, 4.69) is 15.0 Å². The molecule has 1 aromatic carbocycles. The highest BCUT2D eigenvalue weighted by Gasteiger charge is 2.13. The molecular formula is C16H8ClFN4OS. The summed E-state index contributed by atoms with van der Waals surface area (Å²) in [5.74, 6) is 0.0187. The lowest BCUT2D eigenvalue weighted by molar-refractivity contribution is 0.111. The summed E-state index contributed by atoms with van der Waals surface area (Å²) in [4.78, 5) is 23.8. The Morgan fingerprint density at radius 1 is 1.17 bits per heavy atom. The molecule has 3 heterocycles. The molecule has 0 saturated carbocycles. The van der Waals surface area contributed by atoms with Gasteiger partial charge in [0.15, 0.2) is 24.4 Å². The summed E-state index contributed by atoms with van der Waals surface area (Å²) in [6, 6.07) is 8.76. The Labute approximate surface area is 144 Å². The average Bonchev–Trinajstić information content (AvgIpc) is 2.98. The summed E-state index contributed by atoms with van der Waals surface area (Å²) in [6.07, 6.45) is 3.83. The van der Waals surface area contributed by atoms with E-state index < -0.39 is 0 Å². The van der Waals surface area contributed by atoms with Crippen molar-refractivity contribution in [3.63, 3.8) is 0 Å². The van der Waals surface area contributed by atoms with E-state index in [1.165, 1.54) is 0 Å². The van der Waals surface area contributed by atoms with Crippen molar-refractivity contribution in [3.05, 3.63) is 53.6 Å². The van der Waals surface area contributed by atoms with E-state index in [-0.39, 0.29) is 18.2 Å². The van der Waals surface area contributed by atoms with Gasteiger partial charge in [0.1, 0.15) is 0 Å². The molecule has 24 heavy (non-hydrogen) atoms. The largest absolute Gasteiger partial charge is 0.294 e. The Morgan fingerprint density at radius 2 is 2.04 bits per heavy atom.